The Kier molecular flexibility index (Phi) is 17.8. The first-order chi connectivity index (χ1) is 26.9. The number of hydrogen-bond donors (Lipinski definition) is 12. The molecule has 32 heteroatoms. The highest BCUT2D eigenvalue weighted by Gasteiger charge is 2.50. The number of ether oxygens (including phenoxy) is 1. The fourth-order valence-corrected chi connectivity index (χ4v) is 8.42. The number of thioether (sulfide) groups is 1. The van der Waals surface area contributed by atoms with E-state index in [4.69, 9.17) is 30.5 Å². The maximum Gasteiger partial charge on any atom is 0.481 e. The van der Waals surface area contributed by atoms with Crippen molar-refractivity contribution in [2.24, 2.45) is 11.1 Å². The molecule has 28 nitrogen and oxygen atoms in total. The standard InChI is InChI=1S/C26H44N9O19P3S/c1-26(2,20(39)23(40)30-6-5-15(36)29-7-8-58-25(41)13(27)3-4-16(37)34-42)10-51-57(48,49)54-56(46,47)50-9-14-19(53-55(43,44)45)18(38)24(52-14)35-12-33-17-21(28)31-11-32-22(17)35/h11-14,18-20,24,38-39,42H,3-10,27H2,1-2H3,(H,29,36)(H,30,40)(H,34,37)(H,46,47)(H,48,49)(H2,28,31,32)(H2,43,44,45). The molecule has 8 unspecified atom stereocenters. The summed E-state index contributed by atoms with van der Waals surface area (Å²) < 4.78 is 62.0. The minimum atomic E-state index is -5.60. The number of anilines is 1. The van der Waals surface area contributed by atoms with E-state index in [1.165, 1.54) is 19.3 Å². The molecule has 0 saturated carbocycles. The van der Waals surface area contributed by atoms with Gasteiger partial charge >= 0.3 is 23.5 Å². The van der Waals surface area contributed by atoms with Gasteiger partial charge in [-0.15, -0.1) is 0 Å². The van der Waals surface area contributed by atoms with Gasteiger partial charge in [0.2, 0.25) is 22.8 Å². The molecule has 14 N–H and O–H groups in total. The van der Waals surface area contributed by atoms with Crippen LogP contribution < -0.4 is 27.6 Å². The van der Waals surface area contributed by atoms with Crippen LogP contribution in [0.15, 0.2) is 12.7 Å². The average molecular weight is 912 g/mol. The molecule has 0 bridgehead atoms. The molecule has 1 saturated heterocycles. The summed E-state index contributed by atoms with van der Waals surface area (Å²) in [5, 5.41) is 34.3. The number of hydrogen-bond acceptors (Lipinski definition) is 21. The van der Waals surface area contributed by atoms with Crippen LogP contribution in [-0.2, 0) is 55.5 Å². The summed E-state index contributed by atoms with van der Waals surface area (Å²) in [5.41, 5.74) is 11.3. The number of amides is 3. The van der Waals surface area contributed by atoms with E-state index in [1.54, 1.807) is 0 Å². The lowest BCUT2D eigenvalue weighted by Crippen LogP contribution is -2.46. The smallest absolute Gasteiger partial charge is 0.386 e. The monoisotopic (exact) mass is 911 g/mol. The first kappa shape index (κ1) is 49.3. The van der Waals surface area contributed by atoms with Crippen molar-refractivity contribution in [3.05, 3.63) is 12.7 Å². The minimum Gasteiger partial charge on any atom is -0.386 e. The van der Waals surface area contributed by atoms with Gasteiger partial charge in [-0.05, 0) is 6.42 Å². The molecule has 8 atom stereocenters. The van der Waals surface area contributed by atoms with Crippen molar-refractivity contribution in [1.82, 2.24) is 35.6 Å². The predicted octanol–water partition coefficient (Wildman–Crippen LogP) is -2.72. The molecule has 0 aromatic carbocycles. The van der Waals surface area contributed by atoms with Gasteiger partial charge < -0.3 is 56.6 Å². The molecule has 3 amide bonds. The van der Waals surface area contributed by atoms with Crippen LogP contribution in [0, 0.1) is 5.41 Å². The normalized spacial score (nSPS) is 21.8. The summed E-state index contributed by atoms with van der Waals surface area (Å²) in [6, 6.07) is -0.963. The summed E-state index contributed by atoms with van der Waals surface area (Å²) in [6.45, 7) is 0.148. The van der Waals surface area contributed by atoms with Crippen molar-refractivity contribution < 1.29 is 90.5 Å². The van der Waals surface area contributed by atoms with Crippen molar-refractivity contribution in [1.29, 1.82) is 0 Å². The second-order valence-electron chi connectivity index (χ2n) is 12.9. The van der Waals surface area contributed by atoms with Crippen molar-refractivity contribution in [3.8, 4) is 0 Å². The molecule has 0 spiro atoms. The Morgan fingerprint density at radius 3 is 2.34 bits per heavy atom. The molecular formula is C26H44N9O19P3S. The lowest BCUT2D eigenvalue weighted by Gasteiger charge is -2.30. The molecule has 1 aliphatic rings. The van der Waals surface area contributed by atoms with Crippen LogP contribution in [-0.4, -0.2) is 140 Å². The Labute approximate surface area is 332 Å². The second kappa shape index (κ2) is 21.0. The van der Waals surface area contributed by atoms with Crippen LogP contribution in [0.3, 0.4) is 0 Å². The number of aromatic nitrogens is 4. The maximum absolute atomic E-state index is 12.7. The van der Waals surface area contributed by atoms with Gasteiger partial charge in [-0.25, -0.2) is 34.1 Å². The summed E-state index contributed by atoms with van der Waals surface area (Å²) in [4.78, 5) is 98.6. The molecule has 1 aliphatic heterocycles. The van der Waals surface area contributed by atoms with Crippen LogP contribution in [0.1, 0.15) is 39.3 Å². The van der Waals surface area contributed by atoms with Gasteiger partial charge in [0.05, 0.1) is 25.6 Å². The number of hydroxylamine groups is 1. The van der Waals surface area contributed by atoms with Gasteiger partial charge in [-0.3, -0.25) is 42.5 Å². The van der Waals surface area contributed by atoms with Crippen LogP contribution in [0.4, 0.5) is 5.82 Å². The predicted molar refractivity (Wildman–Crippen MR) is 194 cm³/mol. The Hall–Kier alpha value is -3.05. The number of phosphoric ester groups is 3. The first-order valence-corrected chi connectivity index (χ1v) is 22.1. The van der Waals surface area contributed by atoms with Gasteiger partial charge in [0.25, 0.3) is 0 Å². The number of nitrogen functional groups attached to an aromatic ring is 1. The third-order valence-electron chi connectivity index (χ3n) is 7.86. The fourth-order valence-electron chi connectivity index (χ4n) is 4.85. The van der Waals surface area contributed by atoms with Gasteiger partial charge in [0.15, 0.2) is 17.7 Å². The Bertz CT molecular complexity index is 1920. The number of fused-ring (bicyclic) bond motifs is 1. The first-order valence-electron chi connectivity index (χ1n) is 16.6. The number of phosphoric acid groups is 3. The van der Waals surface area contributed by atoms with Gasteiger partial charge in [-0.2, -0.15) is 4.31 Å². The molecule has 328 valence electrons. The van der Waals surface area contributed by atoms with E-state index in [0.717, 1.165) is 29.0 Å². The molecule has 58 heavy (non-hydrogen) atoms. The number of nitrogens with one attached hydrogen (secondary N) is 3. The Balaban J connectivity index is 1.46. The number of imidazole rings is 1. The number of nitrogens with zero attached hydrogens (tertiary/aromatic N) is 4. The molecule has 0 aliphatic carbocycles. The minimum absolute atomic E-state index is 0.00218. The zero-order valence-corrected chi connectivity index (χ0v) is 34.0. The fraction of sp³-hybridized carbons (Fsp3) is 0.654. The summed E-state index contributed by atoms with van der Waals surface area (Å²) >= 11 is 0.818. The van der Waals surface area contributed by atoms with E-state index >= 15 is 0 Å². The zero-order valence-electron chi connectivity index (χ0n) is 30.5. The number of carbonyl (C=O) groups excluding carboxylic acids is 4. The number of rotatable bonds is 23. The molecular weight excluding hydrogens is 867 g/mol. The molecule has 2 aromatic rings. The number of carbonyl (C=O) groups is 4. The number of nitrogens with two attached hydrogens (primary N) is 2. The zero-order chi connectivity index (χ0) is 43.6. The quantitative estimate of drug-likeness (QED) is 0.0233. The van der Waals surface area contributed by atoms with Gasteiger partial charge in [0, 0.05) is 37.1 Å². The van der Waals surface area contributed by atoms with E-state index in [1.807, 2.05) is 0 Å². The second-order valence-corrected chi connectivity index (χ2v) is 18.3. The highest BCUT2D eigenvalue weighted by molar-refractivity contribution is 8.13. The van der Waals surface area contributed by atoms with E-state index in [0.29, 0.717) is 0 Å². The largest absolute Gasteiger partial charge is 0.481 e. The topological polar surface area (TPSA) is 439 Å². The number of aliphatic hydroxyl groups excluding tert-OH is 2. The van der Waals surface area contributed by atoms with E-state index in [-0.39, 0.29) is 55.1 Å². The molecule has 3 heterocycles. The van der Waals surface area contributed by atoms with Gasteiger partial charge in [-0.1, -0.05) is 25.6 Å². The summed E-state index contributed by atoms with van der Waals surface area (Å²) in [7, 11) is -16.5. The Morgan fingerprint density at radius 2 is 1.69 bits per heavy atom. The Morgan fingerprint density at radius 1 is 1.02 bits per heavy atom. The van der Waals surface area contributed by atoms with Crippen LogP contribution >= 0.6 is 35.2 Å². The SMILES string of the molecule is CC(C)(COP(=O)(O)OP(=O)(O)OCC1OC(n2cnc3c(N)ncnc32)C(O)C1OP(=O)(O)O)C(O)C(=O)NCCC(=O)NCCSC(=O)C(N)CCC(=O)NO. The third-order valence-corrected chi connectivity index (χ3v) is 12.0. The average Bonchev–Trinajstić information content (AvgIpc) is 3.69. The highest BCUT2D eigenvalue weighted by atomic mass is 32.2. The van der Waals surface area contributed by atoms with Crippen LogP contribution in [0.5, 0.6) is 0 Å². The molecule has 1 fully saturated rings. The third kappa shape index (κ3) is 14.9. The van der Waals surface area contributed by atoms with Crippen LogP contribution in [0.2, 0.25) is 0 Å². The van der Waals surface area contributed by atoms with Crippen molar-refractivity contribution >= 4 is 75.0 Å². The lowest BCUT2D eigenvalue weighted by molar-refractivity contribution is -0.137. The maximum atomic E-state index is 12.7. The highest BCUT2D eigenvalue weighted by Crippen LogP contribution is 2.61. The lowest BCUT2D eigenvalue weighted by atomic mass is 9.87. The van der Waals surface area contributed by atoms with E-state index < -0.39 is 102 Å². The van der Waals surface area contributed by atoms with E-state index in [9.17, 15) is 62.7 Å². The number of aliphatic hydroxyl groups is 2. The van der Waals surface area contributed by atoms with Gasteiger partial charge in [0.1, 0.15) is 36.3 Å². The molecule has 2 aromatic heterocycles. The molecule has 3 rings (SSSR count). The van der Waals surface area contributed by atoms with E-state index in [2.05, 4.69) is 34.4 Å². The van der Waals surface area contributed by atoms with Crippen molar-refractivity contribution in [2.45, 2.75) is 69.8 Å². The summed E-state index contributed by atoms with van der Waals surface area (Å²) in [5.74, 6) is -2.17. The van der Waals surface area contributed by atoms with Crippen molar-refractivity contribution in [2.75, 3.05) is 37.8 Å². The molecule has 0 radical (unpaired) electrons. The summed E-state index contributed by atoms with van der Waals surface area (Å²) in [6.07, 6.45) is -7.30. The van der Waals surface area contributed by atoms with Crippen LogP contribution in [0.25, 0.3) is 11.2 Å². The van der Waals surface area contributed by atoms with Crippen molar-refractivity contribution in [3.63, 3.8) is 0 Å².